The lowest BCUT2D eigenvalue weighted by atomic mass is 10.0. The molecule has 15 heavy (non-hydrogen) atoms. The highest BCUT2D eigenvalue weighted by atomic mass is 35.5. The zero-order chi connectivity index (χ0) is 10.1. The molecule has 0 amide bonds. The summed E-state index contributed by atoms with van der Waals surface area (Å²) in [5.74, 6) is -1.16. The van der Waals surface area contributed by atoms with Crippen LogP contribution in [0.4, 0.5) is 8.78 Å². The van der Waals surface area contributed by atoms with Crippen LogP contribution in [0.3, 0.4) is 0 Å². The molecule has 1 atom stereocenters. The van der Waals surface area contributed by atoms with Crippen LogP contribution in [0, 0.1) is 11.6 Å². The normalized spacial score (nSPS) is 20.1. The summed E-state index contributed by atoms with van der Waals surface area (Å²) in [7, 11) is 0. The molecule has 0 bridgehead atoms. The zero-order valence-corrected chi connectivity index (χ0v) is 9.47. The fourth-order valence-electron chi connectivity index (χ4n) is 1.79. The van der Waals surface area contributed by atoms with E-state index in [0.717, 1.165) is 19.4 Å². The molecule has 1 nitrogen and oxygen atoms in total. The Morgan fingerprint density at radius 3 is 2.67 bits per heavy atom. The van der Waals surface area contributed by atoms with Gasteiger partial charge in [-0.1, -0.05) is 11.6 Å². The van der Waals surface area contributed by atoms with Crippen LogP contribution in [0.25, 0.3) is 0 Å². The van der Waals surface area contributed by atoms with Crippen molar-refractivity contribution in [1.29, 1.82) is 0 Å². The van der Waals surface area contributed by atoms with E-state index < -0.39 is 11.6 Å². The first kappa shape index (κ1) is 12.7. The highest BCUT2D eigenvalue weighted by Crippen LogP contribution is 2.30. The fraction of sp³-hybridized carbons (Fsp3) is 0.400. The van der Waals surface area contributed by atoms with E-state index in [2.05, 4.69) is 5.32 Å². The second-order valence-corrected chi connectivity index (χ2v) is 3.81. The molecule has 0 aromatic heterocycles. The molecule has 0 unspecified atom stereocenters. The van der Waals surface area contributed by atoms with Gasteiger partial charge < -0.3 is 5.32 Å². The highest BCUT2D eigenvalue weighted by Gasteiger charge is 2.24. The fourth-order valence-corrected chi connectivity index (χ4v) is 1.96. The average Bonchev–Trinajstić information content (AvgIpc) is 2.65. The first-order chi connectivity index (χ1) is 6.70. The minimum Gasteiger partial charge on any atom is -0.310 e. The van der Waals surface area contributed by atoms with E-state index in [4.69, 9.17) is 11.6 Å². The summed E-state index contributed by atoms with van der Waals surface area (Å²) < 4.78 is 26.8. The minimum absolute atomic E-state index is 0. The number of halogens is 4. The molecule has 0 spiro atoms. The minimum atomic E-state index is -0.633. The van der Waals surface area contributed by atoms with Crippen LogP contribution in [0.2, 0.25) is 5.02 Å². The predicted molar refractivity (Wildman–Crippen MR) is 58.6 cm³/mol. The molecule has 0 aliphatic carbocycles. The first-order valence-corrected chi connectivity index (χ1v) is 4.94. The maximum atomic E-state index is 13.5. The Bertz CT molecular complexity index is 352. The van der Waals surface area contributed by atoms with Gasteiger partial charge in [-0.15, -0.1) is 12.4 Å². The van der Waals surface area contributed by atoms with Gasteiger partial charge >= 0.3 is 0 Å². The van der Waals surface area contributed by atoms with E-state index in [0.29, 0.717) is 0 Å². The maximum absolute atomic E-state index is 13.5. The van der Waals surface area contributed by atoms with Gasteiger partial charge in [-0.3, -0.25) is 0 Å². The number of rotatable bonds is 1. The van der Waals surface area contributed by atoms with Gasteiger partial charge in [0.05, 0.1) is 5.02 Å². The SMILES string of the molecule is Cl.Fc1ccc(Cl)c(F)c1[C@H]1CCCN1. The third-order valence-corrected chi connectivity index (χ3v) is 2.78. The van der Waals surface area contributed by atoms with E-state index in [1.165, 1.54) is 12.1 Å². The summed E-state index contributed by atoms with van der Waals surface area (Å²) in [4.78, 5) is 0. The van der Waals surface area contributed by atoms with Crippen LogP contribution in [-0.2, 0) is 0 Å². The third kappa shape index (κ3) is 2.41. The largest absolute Gasteiger partial charge is 0.310 e. The lowest BCUT2D eigenvalue weighted by Crippen LogP contribution is -2.16. The predicted octanol–water partition coefficient (Wildman–Crippen LogP) is 3.46. The van der Waals surface area contributed by atoms with Crippen LogP contribution in [0.1, 0.15) is 24.4 Å². The molecule has 1 aliphatic rings. The van der Waals surface area contributed by atoms with Crippen molar-refractivity contribution in [3.8, 4) is 0 Å². The van der Waals surface area contributed by atoms with Gasteiger partial charge in [-0.2, -0.15) is 0 Å². The van der Waals surface area contributed by atoms with Gasteiger partial charge in [0.1, 0.15) is 11.6 Å². The molecule has 1 saturated heterocycles. The Morgan fingerprint density at radius 1 is 1.33 bits per heavy atom. The van der Waals surface area contributed by atoms with Crippen molar-refractivity contribution in [2.24, 2.45) is 0 Å². The van der Waals surface area contributed by atoms with Gasteiger partial charge in [0.2, 0.25) is 0 Å². The van der Waals surface area contributed by atoms with Crippen molar-refractivity contribution in [2.45, 2.75) is 18.9 Å². The molecular formula is C10H11Cl2F2N. The molecule has 1 aromatic carbocycles. The summed E-state index contributed by atoms with van der Waals surface area (Å²) in [6.45, 7) is 0.802. The summed E-state index contributed by atoms with van der Waals surface area (Å²) in [5, 5.41) is 3.02. The van der Waals surface area contributed by atoms with E-state index in [1.54, 1.807) is 0 Å². The van der Waals surface area contributed by atoms with E-state index in [9.17, 15) is 8.78 Å². The topological polar surface area (TPSA) is 12.0 Å². The second-order valence-electron chi connectivity index (χ2n) is 3.41. The molecule has 0 saturated carbocycles. The van der Waals surface area contributed by atoms with Crippen LogP contribution in [0.15, 0.2) is 12.1 Å². The Hall–Kier alpha value is -0.380. The average molecular weight is 254 g/mol. The van der Waals surface area contributed by atoms with E-state index in [1.807, 2.05) is 0 Å². The monoisotopic (exact) mass is 253 g/mol. The van der Waals surface area contributed by atoms with Gasteiger partial charge in [-0.05, 0) is 31.5 Å². The van der Waals surface area contributed by atoms with Crippen LogP contribution >= 0.6 is 24.0 Å². The van der Waals surface area contributed by atoms with Crippen molar-refractivity contribution < 1.29 is 8.78 Å². The van der Waals surface area contributed by atoms with E-state index >= 15 is 0 Å². The van der Waals surface area contributed by atoms with Crippen LogP contribution in [-0.4, -0.2) is 6.54 Å². The lowest BCUT2D eigenvalue weighted by molar-refractivity contribution is 0.507. The van der Waals surface area contributed by atoms with Crippen molar-refractivity contribution >= 4 is 24.0 Å². The van der Waals surface area contributed by atoms with Gasteiger partial charge in [-0.25, -0.2) is 8.78 Å². The second kappa shape index (κ2) is 5.10. The van der Waals surface area contributed by atoms with Crippen molar-refractivity contribution in [3.63, 3.8) is 0 Å². The number of nitrogens with one attached hydrogen (secondary N) is 1. The van der Waals surface area contributed by atoms with Gasteiger partial charge in [0.25, 0.3) is 0 Å². The van der Waals surface area contributed by atoms with Crippen molar-refractivity contribution in [1.82, 2.24) is 5.32 Å². The highest BCUT2D eigenvalue weighted by molar-refractivity contribution is 6.30. The lowest BCUT2D eigenvalue weighted by Gasteiger charge is -2.13. The number of hydrogen-bond acceptors (Lipinski definition) is 1. The summed E-state index contributed by atoms with van der Waals surface area (Å²) in [6, 6.07) is 2.22. The molecule has 5 heteroatoms. The standard InChI is InChI=1S/C10H10ClF2N.ClH/c11-6-3-4-7(12)9(10(6)13)8-2-1-5-14-8;/h3-4,8,14H,1-2,5H2;1H/t8-;/m1./s1. The molecule has 1 fully saturated rings. The van der Waals surface area contributed by atoms with Gasteiger partial charge in [0.15, 0.2) is 0 Å². The van der Waals surface area contributed by atoms with Crippen molar-refractivity contribution in [2.75, 3.05) is 6.54 Å². The molecule has 84 valence electrons. The molecule has 1 aliphatic heterocycles. The quantitative estimate of drug-likeness (QED) is 0.756. The molecule has 1 aromatic rings. The third-order valence-electron chi connectivity index (χ3n) is 2.49. The maximum Gasteiger partial charge on any atom is 0.149 e. The molecular weight excluding hydrogens is 243 g/mol. The zero-order valence-electron chi connectivity index (χ0n) is 7.90. The van der Waals surface area contributed by atoms with E-state index in [-0.39, 0.29) is 29.0 Å². The number of benzene rings is 1. The molecule has 1 N–H and O–H groups in total. The van der Waals surface area contributed by atoms with Crippen LogP contribution in [0.5, 0.6) is 0 Å². The Labute approximate surface area is 98.2 Å². The molecule has 1 heterocycles. The Balaban J connectivity index is 0.00000112. The summed E-state index contributed by atoms with van der Waals surface area (Å²) in [6.07, 6.45) is 1.70. The van der Waals surface area contributed by atoms with Gasteiger partial charge in [0, 0.05) is 11.6 Å². The summed E-state index contributed by atoms with van der Waals surface area (Å²) >= 11 is 5.59. The molecule has 0 radical (unpaired) electrons. The summed E-state index contributed by atoms with van der Waals surface area (Å²) in [5.41, 5.74) is 0.0787. The Morgan fingerprint density at radius 2 is 2.07 bits per heavy atom. The van der Waals surface area contributed by atoms with Crippen LogP contribution < -0.4 is 5.32 Å². The first-order valence-electron chi connectivity index (χ1n) is 4.57. The number of hydrogen-bond donors (Lipinski definition) is 1. The smallest absolute Gasteiger partial charge is 0.149 e. The molecule has 2 rings (SSSR count). The Kier molecular flexibility index (Phi) is 4.32. The van der Waals surface area contributed by atoms with Crippen molar-refractivity contribution in [3.05, 3.63) is 34.4 Å².